The molecule has 0 unspecified atom stereocenters. The molecule has 2 heterocycles. The Bertz CT molecular complexity index is 882. The van der Waals surface area contributed by atoms with Crippen molar-refractivity contribution in [1.82, 2.24) is 9.55 Å². The zero-order valence-electron chi connectivity index (χ0n) is 11.6. The summed E-state index contributed by atoms with van der Waals surface area (Å²) in [6, 6.07) is 6.75. The van der Waals surface area contributed by atoms with Crippen LogP contribution in [0.25, 0.3) is 11.0 Å². The second-order valence-electron chi connectivity index (χ2n) is 5.01. The third-order valence-corrected chi connectivity index (χ3v) is 4.69. The van der Waals surface area contributed by atoms with E-state index in [2.05, 4.69) is 18.0 Å². The number of aromatic carboxylic acids is 1. The lowest BCUT2D eigenvalue weighted by atomic mass is 10.2. The van der Waals surface area contributed by atoms with E-state index >= 15 is 0 Å². The number of fused-ring (bicyclic) bond motifs is 1. The van der Waals surface area contributed by atoms with Crippen molar-refractivity contribution in [3.8, 4) is 0 Å². The van der Waals surface area contributed by atoms with Crippen LogP contribution >= 0.6 is 11.3 Å². The number of nitrogens with one attached hydrogen (secondary N) is 1. The van der Waals surface area contributed by atoms with Crippen molar-refractivity contribution in [3.63, 3.8) is 0 Å². The molecular weight excluding hydrogens is 288 g/mol. The maximum atomic E-state index is 12.1. The Labute approximate surface area is 124 Å². The first kappa shape index (κ1) is 13.6. The van der Waals surface area contributed by atoms with Crippen molar-refractivity contribution in [2.45, 2.75) is 20.4 Å². The highest BCUT2D eigenvalue weighted by Gasteiger charge is 2.11. The fraction of sp³-hybridized carbons (Fsp3) is 0.200. The molecule has 0 fully saturated rings. The highest BCUT2D eigenvalue weighted by atomic mass is 32.1. The van der Waals surface area contributed by atoms with E-state index in [1.807, 2.05) is 6.92 Å². The van der Waals surface area contributed by atoms with Gasteiger partial charge in [0.1, 0.15) is 0 Å². The number of nitrogens with zero attached hydrogens (tertiary/aromatic N) is 1. The molecular formula is C15H14N2O3S. The van der Waals surface area contributed by atoms with E-state index in [1.165, 1.54) is 22.6 Å². The Morgan fingerprint density at radius 1 is 1.33 bits per heavy atom. The summed E-state index contributed by atoms with van der Waals surface area (Å²) >= 11 is 1.67. The van der Waals surface area contributed by atoms with Crippen LogP contribution in [0.5, 0.6) is 0 Å². The number of carbonyl (C=O) groups is 1. The largest absolute Gasteiger partial charge is 0.478 e. The van der Waals surface area contributed by atoms with Crippen molar-refractivity contribution in [1.29, 1.82) is 0 Å². The summed E-state index contributed by atoms with van der Waals surface area (Å²) in [7, 11) is 0. The molecule has 0 radical (unpaired) electrons. The molecule has 3 rings (SSSR count). The number of H-pyrrole nitrogens is 1. The van der Waals surface area contributed by atoms with Crippen molar-refractivity contribution in [3.05, 3.63) is 55.6 Å². The Hall–Kier alpha value is -2.34. The molecule has 2 N–H and O–H groups in total. The lowest BCUT2D eigenvalue weighted by Gasteiger charge is -2.01. The number of aromatic amines is 1. The van der Waals surface area contributed by atoms with E-state index in [-0.39, 0.29) is 11.3 Å². The number of carboxylic acid groups (broad SMARTS) is 1. The molecule has 0 saturated heterocycles. The summed E-state index contributed by atoms with van der Waals surface area (Å²) < 4.78 is 1.63. The summed E-state index contributed by atoms with van der Waals surface area (Å²) in [5, 5.41) is 8.99. The normalized spacial score (nSPS) is 11.1. The Morgan fingerprint density at radius 2 is 2.10 bits per heavy atom. The van der Waals surface area contributed by atoms with Gasteiger partial charge in [-0.25, -0.2) is 9.59 Å². The quantitative estimate of drug-likeness (QED) is 0.781. The number of carboxylic acids is 1. The number of imidazole rings is 1. The van der Waals surface area contributed by atoms with E-state index in [1.54, 1.807) is 22.0 Å². The van der Waals surface area contributed by atoms with Gasteiger partial charge in [-0.1, -0.05) is 0 Å². The molecule has 5 nitrogen and oxygen atoms in total. The molecule has 6 heteroatoms. The maximum absolute atomic E-state index is 12.1. The number of aromatic nitrogens is 2. The smallest absolute Gasteiger partial charge is 0.335 e. The molecule has 2 aromatic heterocycles. The molecule has 0 aliphatic rings. The Balaban J connectivity index is 2.08. The van der Waals surface area contributed by atoms with Crippen molar-refractivity contribution in [2.75, 3.05) is 0 Å². The van der Waals surface area contributed by atoms with Gasteiger partial charge in [0.05, 0.1) is 23.1 Å². The summed E-state index contributed by atoms with van der Waals surface area (Å²) in [6.07, 6.45) is 0. The summed E-state index contributed by atoms with van der Waals surface area (Å²) in [4.78, 5) is 28.1. The number of aryl methyl sites for hydroxylation is 2. The molecule has 108 valence electrons. The standard InChI is InChI=1S/C15H14N2O3S/c1-8-5-11(21-9(8)2)7-17-13-4-3-10(14(18)19)6-12(13)16-15(17)20/h3-6H,7H2,1-2H3,(H,16,20)(H,18,19). The van der Waals surface area contributed by atoms with Crippen LogP contribution in [0, 0.1) is 13.8 Å². The molecule has 21 heavy (non-hydrogen) atoms. The van der Waals surface area contributed by atoms with Crippen LogP contribution in [-0.2, 0) is 6.54 Å². The summed E-state index contributed by atoms with van der Waals surface area (Å²) in [5.74, 6) is -1.00. The minimum atomic E-state index is -1.00. The van der Waals surface area contributed by atoms with E-state index in [0.29, 0.717) is 17.6 Å². The minimum absolute atomic E-state index is 0.165. The molecule has 0 aliphatic carbocycles. The fourth-order valence-corrected chi connectivity index (χ4v) is 3.38. The van der Waals surface area contributed by atoms with Gasteiger partial charge in [-0.2, -0.15) is 0 Å². The van der Waals surface area contributed by atoms with Gasteiger partial charge in [0, 0.05) is 9.75 Å². The van der Waals surface area contributed by atoms with Gasteiger partial charge in [0.25, 0.3) is 0 Å². The Morgan fingerprint density at radius 3 is 2.71 bits per heavy atom. The number of rotatable bonds is 3. The summed E-state index contributed by atoms with van der Waals surface area (Å²) in [5.41, 5.74) is 2.42. The van der Waals surface area contributed by atoms with E-state index in [4.69, 9.17) is 5.11 Å². The fourth-order valence-electron chi connectivity index (χ4n) is 2.34. The zero-order valence-corrected chi connectivity index (χ0v) is 12.5. The predicted molar refractivity (Wildman–Crippen MR) is 82.4 cm³/mol. The van der Waals surface area contributed by atoms with Crippen LogP contribution in [0.1, 0.15) is 25.7 Å². The van der Waals surface area contributed by atoms with Gasteiger partial charge in [-0.3, -0.25) is 4.57 Å². The van der Waals surface area contributed by atoms with Crippen LogP contribution < -0.4 is 5.69 Å². The highest BCUT2D eigenvalue weighted by molar-refractivity contribution is 7.12. The topological polar surface area (TPSA) is 75.1 Å². The maximum Gasteiger partial charge on any atom is 0.335 e. The number of thiophene rings is 1. The average molecular weight is 302 g/mol. The van der Waals surface area contributed by atoms with Gasteiger partial charge in [0.15, 0.2) is 0 Å². The van der Waals surface area contributed by atoms with Gasteiger partial charge < -0.3 is 10.1 Å². The molecule has 0 aliphatic heterocycles. The third-order valence-electron chi connectivity index (χ3n) is 3.55. The summed E-state index contributed by atoms with van der Waals surface area (Å²) in [6.45, 7) is 4.59. The molecule has 1 aromatic carbocycles. The highest BCUT2D eigenvalue weighted by Crippen LogP contribution is 2.22. The van der Waals surface area contributed by atoms with Gasteiger partial charge in [-0.15, -0.1) is 11.3 Å². The number of benzene rings is 1. The predicted octanol–water partition coefficient (Wildman–Crippen LogP) is 2.75. The lowest BCUT2D eigenvalue weighted by Crippen LogP contribution is -2.16. The van der Waals surface area contributed by atoms with Crippen LogP contribution in [0.4, 0.5) is 0 Å². The average Bonchev–Trinajstić information content (AvgIpc) is 2.90. The second-order valence-corrected chi connectivity index (χ2v) is 6.35. The van der Waals surface area contributed by atoms with Crippen LogP contribution in [0.2, 0.25) is 0 Å². The van der Waals surface area contributed by atoms with Crippen molar-refractivity contribution >= 4 is 28.3 Å². The first-order valence-corrected chi connectivity index (χ1v) is 7.29. The molecule has 0 bridgehead atoms. The molecule has 0 saturated carbocycles. The number of hydrogen-bond acceptors (Lipinski definition) is 3. The van der Waals surface area contributed by atoms with E-state index in [0.717, 1.165) is 4.88 Å². The van der Waals surface area contributed by atoms with Gasteiger partial charge >= 0.3 is 11.7 Å². The van der Waals surface area contributed by atoms with Crippen LogP contribution in [0.3, 0.4) is 0 Å². The first-order valence-electron chi connectivity index (χ1n) is 6.47. The number of hydrogen-bond donors (Lipinski definition) is 2. The SMILES string of the molecule is Cc1cc(Cn2c(=O)[nH]c3cc(C(=O)O)ccc32)sc1C. The third kappa shape index (κ3) is 2.38. The first-order chi connectivity index (χ1) is 9.95. The van der Waals surface area contributed by atoms with E-state index in [9.17, 15) is 9.59 Å². The molecule has 3 aromatic rings. The van der Waals surface area contributed by atoms with Crippen LogP contribution in [0.15, 0.2) is 29.1 Å². The van der Waals surface area contributed by atoms with Crippen molar-refractivity contribution < 1.29 is 9.90 Å². The van der Waals surface area contributed by atoms with E-state index < -0.39 is 5.97 Å². The monoisotopic (exact) mass is 302 g/mol. The minimum Gasteiger partial charge on any atom is -0.478 e. The molecule has 0 amide bonds. The molecule has 0 atom stereocenters. The van der Waals surface area contributed by atoms with Gasteiger partial charge in [0.2, 0.25) is 0 Å². The molecule has 0 spiro atoms. The Kier molecular flexibility index (Phi) is 3.17. The lowest BCUT2D eigenvalue weighted by molar-refractivity contribution is 0.0697. The van der Waals surface area contributed by atoms with Crippen LogP contribution in [-0.4, -0.2) is 20.6 Å². The zero-order chi connectivity index (χ0) is 15.1. The van der Waals surface area contributed by atoms with Gasteiger partial charge in [-0.05, 0) is 43.7 Å². The second kappa shape index (κ2) is 4.89. The van der Waals surface area contributed by atoms with Crippen molar-refractivity contribution in [2.24, 2.45) is 0 Å².